The van der Waals surface area contributed by atoms with Gasteiger partial charge in [-0.1, -0.05) is 42.4 Å². The molecule has 4 rings (SSSR count). The van der Waals surface area contributed by atoms with E-state index in [1.165, 1.54) is 0 Å². The van der Waals surface area contributed by atoms with E-state index in [0.717, 1.165) is 33.9 Å². The van der Waals surface area contributed by atoms with Gasteiger partial charge in [0.25, 0.3) is 0 Å². The highest BCUT2D eigenvalue weighted by Gasteiger charge is 2.15. The number of hydrogen-bond acceptors (Lipinski definition) is 5. The molecule has 0 saturated carbocycles. The lowest BCUT2D eigenvalue weighted by Crippen LogP contribution is -2.02. The van der Waals surface area contributed by atoms with E-state index in [0.29, 0.717) is 23.3 Å². The van der Waals surface area contributed by atoms with Crippen molar-refractivity contribution in [2.45, 2.75) is 25.0 Å². The molecule has 26 heavy (non-hydrogen) atoms. The maximum absolute atomic E-state index is 5.93. The van der Waals surface area contributed by atoms with Gasteiger partial charge in [0, 0.05) is 16.3 Å². The summed E-state index contributed by atoms with van der Waals surface area (Å²) in [7, 11) is 0. The zero-order valence-electron chi connectivity index (χ0n) is 14.2. The minimum atomic E-state index is 0.490. The zero-order valence-corrected chi connectivity index (χ0v) is 15.8. The standard InChI is InChI=1S/C19H17ClN4OS/c1-2-11-26-19-21-15-5-3-4-6-16(15)24(19)12-17-22-23-18(25-17)13-7-9-14(20)10-8-13/h3-10H,2,11-12H2,1H3. The van der Waals surface area contributed by atoms with E-state index in [-0.39, 0.29) is 0 Å². The second kappa shape index (κ2) is 7.51. The van der Waals surface area contributed by atoms with Gasteiger partial charge in [0.15, 0.2) is 5.16 Å². The van der Waals surface area contributed by atoms with Crippen LogP contribution in [0.3, 0.4) is 0 Å². The molecule has 0 saturated heterocycles. The number of imidazole rings is 1. The lowest BCUT2D eigenvalue weighted by atomic mass is 10.2. The van der Waals surface area contributed by atoms with Crippen LogP contribution >= 0.6 is 23.4 Å². The molecule has 2 aromatic heterocycles. The van der Waals surface area contributed by atoms with E-state index in [2.05, 4.69) is 27.8 Å². The molecule has 0 bridgehead atoms. The van der Waals surface area contributed by atoms with Crippen molar-refractivity contribution in [1.29, 1.82) is 0 Å². The lowest BCUT2D eigenvalue weighted by molar-refractivity contribution is 0.482. The second-order valence-electron chi connectivity index (χ2n) is 5.83. The van der Waals surface area contributed by atoms with Gasteiger partial charge in [-0.2, -0.15) is 0 Å². The maximum Gasteiger partial charge on any atom is 0.247 e. The van der Waals surface area contributed by atoms with Gasteiger partial charge in [0.1, 0.15) is 6.54 Å². The van der Waals surface area contributed by atoms with E-state index in [4.69, 9.17) is 21.0 Å². The Balaban J connectivity index is 1.65. The Kier molecular flexibility index (Phi) is 4.95. The molecule has 0 fully saturated rings. The predicted octanol–water partition coefficient (Wildman–Crippen LogP) is 5.29. The highest BCUT2D eigenvalue weighted by molar-refractivity contribution is 7.99. The molecule has 132 valence electrons. The lowest BCUT2D eigenvalue weighted by Gasteiger charge is -2.05. The molecule has 2 aromatic carbocycles. The van der Waals surface area contributed by atoms with Crippen LogP contribution in [-0.2, 0) is 6.54 Å². The van der Waals surface area contributed by atoms with E-state index in [1.54, 1.807) is 11.8 Å². The SMILES string of the molecule is CCCSc1nc2ccccc2n1Cc1nnc(-c2ccc(Cl)cc2)o1. The van der Waals surface area contributed by atoms with Gasteiger partial charge in [0.05, 0.1) is 11.0 Å². The van der Waals surface area contributed by atoms with Crippen molar-refractivity contribution in [2.75, 3.05) is 5.75 Å². The number of thioether (sulfide) groups is 1. The third-order valence-corrected chi connectivity index (χ3v) is 5.34. The van der Waals surface area contributed by atoms with Crippen molar-refractivity contribution in [2.24, 2.45) is 0 Å². The average molecular weight is 385 g/mol. The Bertz CT molecular complexity index is 1030. The molecule has 0 N–H and O–H groups in total. The van der Waals surface area contributed by atoms with E-state index < -0.39 is 0 Å². The minimum absolute atomic E-state index is 0.490. The molecule has 0 atom stereocenters. The fraction of sp³-hybridized carbons (Fsp3) is 0.211. The maximum atomic E-state index is 5.93. The van der Waals surface area contributed by atoms with E-state index in [9.17, 15) is 0 Å². The van der Waals surface area contributed by atoms with Crippen molar-refractivity contribution in [3.05, 3.63) is 59.4 Å². The zero-order chi connectivity index (χ0) is 17.9. The monoisotopic (exact) mass is 384 g/mol. The molecule has 4 aromatic rings. The fourth-order valence-corrected chi connectivity index (χ4v) is 3.67. The largest absolute Gasteiger partial charge is 0.419 e. The van der Waals surface area contributed by atoms with Crippen LogP contribution in [0, 0.1) is 0 Å². The van der Waals surface area contributed by atoms with Gasteiger partial charge in [-0.05, 0) is 42.8 Å². The first kappa shape index (κ1) is 17.1. The quantitative estimate of drug-likeness (QED) is 0.423. The summed E-state index contributed by atoms with van der Waals surface area (Å²) in [5, 5.41) is 10.0. The number of nitrogens with zero attached hydrogens (tertiary/aromatic N) is 4. The number of para-hydroxylation sites is 2. The van der Waals surface area contributed by atoms with Crippen LogP contribution in [-0.4, -0.2) is 25.5 Å². The Hall–Kier alpha value is -2.31. The first-order chi connectivity index (χ1) is 12.7. The average Bonchev–Trinajstić information content (AvgIpc) is 3.26. The van der Waals surface area contributed by atoms with Crippen molar-refractivity contribution in [1.82, 2.24) is 19.7 Å². The van der Waals surface area contributed by atoms with Crippen molar-refractivity contribution >= 4 is 34.4 Å². The Morgan fingerprint density at radius 1 is 1.08 bits per heavy atom. The summed E-state index contributed by atoms with van der Waals surface area (Å²) in [6, 6.07) is 15.5. The normalized spacial score (nSPS) is 11.3. The topological polar surface area (TPSA) is 56.7 Å². The Morgan fingerprint density at radius 3 is 2.69 bits per heavy atom. The summed E-state index contributed by atoms with van der Waals surface area (Å²) in [6.07, 6.45) is 1.09. The molecule has 0 amide bonds. The van der Waals surface area contributed by atoms with Gasteiger partial charge in [-0.3, -0.25) is 0 Å². The number of benzene rings is 2. The Morgan fingerprint density at radius 2 is 1.88 bits per heavy atom. The third-order valence-electron chi connectivity index (χ3n) is 3.91. The van der Waals surface area contributed by atoms with Crippen LogP contribution in [0.15, 0.2) is 58.1 Å². The van der Waals surface area contributed by atoms with Crippen LogP contribution in [0.25, 0.3) is 22.5 Å². The molecular weight excluding hydrogens is 368 g/mol. The molecule has 7 heteroatoms. The molecule has 0 spiro atoms. The van der Waals surface area contributed by atoms with E-state index >= 15 is 0 Å². The minimum Gasteiger partial charge on any atom is -0.419 e. The van der Waals surface area contributed by atoms with Crippen molar-refractivity contribution in [3.8, 4) is 11.5 Å². The molecule has 5 nitrogen and oxygen atoms in total. The number of fused-ring (bicyclic) bond motifs is 1. The van der Waals surface area contributed by atoms with Crippen LogP contribution in [0.1, 0.15) is 19.2 Å². The number of aromatic nitrogens is 4. The predicted molar refractivity (Wildman–Crippen MR) is 105 cm³/mol. The molecule has 0 aliphatic rings. The van der Waals surface area contributed by atoms with Crippen LogP contribution < -0.4 is 0 Å². The number of rotatable bonds is 6. The molecule has 0 unspecified atom stereocenters. The highest BCUT2D eigenvalue weighted by atomic mass is 35.5. The van der Waals surface area contributed by atoms with Crippen LogP contribution in [0.4, 0.5) is 0 Å². The summed E-state index contributed by atoms with van der Waals surface area (Å²) < 4.78 is 8.00. The second-order valence-corrected chi connectivity index (χ2v) is 7.32. The van der Waals surface area contributed by atoms with E-state index in [1.807, 2.05) is 42.5 Å². The molecular formula is C19H17ClN4OS. The first-order valence-corrected chi connectivity index (χ1v) is 9.77. The summed E-state index contributed by atoms with van der Waals surface area (Å²) in [5.74, 6) is 2.06. The third kappa shape index (κ3) is 3.48. The van der Waals surface area contributed by atoms with Gasteiger partial charge >= 0.3 is 0 Å². The summed E-state index contributed by atoms with van der Waals surface area (Å²) >= 11 is 7.68. The summed E-state index contributed by atoms with van der Waals surface area (Å²) in [6.45, 7) is 2.66. The Labute approximate surface area is 160 Å². The smallest absolute Gasteiger partial charge is 0.247 e. The van der Waals surface area contributed by atoms with Crippen molar-refractivity contribution in [3.63, 3.8) is 0 Å². The highest BCUT2D eigenvalue weighted by Crippen LogP contribution is 2.26. The first-order valence-electron chi connectivity index (χ1n) is 8.41. The molecule has 0 aliphatic carbocycles. The van der Waals surface area contributed by atoms with Gasteiger partial charge in [0.2, 0.25) is 11.8 Å². The summed E-state index contributed by atoms with van der Waals surface area (Å²) in [5.41, 5.74) is 2.89. The number of hydrogen-bond donors (Lipinski definition) is 0. The molecule has 2 heterocycles. The van der Waals surface area contributed by atoms with Gasteiger partial charge < -0.3 is 8.98 Å². The fourth-order valence-electron chi connectivity index (χ4n) is 2.67. The molecule has 0 aliphatic heterocycles. The van der Waals surface area contributed by atoms with Crippen LogP contribution in [0.5, 0.6) is 0 Å². The molecule has 0 radical (unpaired) electrons. The summed E-state index contributed by atoms with van der Waals surface area (Å²) in [4.78, 5) is 4.74. The van der Waals surface area contributed by atoms with Gasteiger partial charge in [-0.15, -0.1) is 10.2 Å². The van der Waals surface area contributed by atoms with Gasteiger partial charge in [-0.25, -0.2) is 4.98 Å². The van der Waals surface area contributed by atoms with Crippen molar-refractivity contribution < 1.29 is 4.42 Å². The number of halogens is 1. The van der Waals surface area contributed by atoms with Crippen LogP contribution in [0.2, 0.25) is 5.02 Å².